The lowest BCUT2D eigenvalue weighted by Crippen LogP contribution is -2.50. The van der Waals surface area contributed by atoms with E-state index in [9.17, 15) is 18.0 Å². The summed E-state index contributed by atoms with van der Waals surface area (Å²) in [4.78, 5) is 22.4. The molecule has 0 radical (unpaired) electrons. The smallest absolute Gasteiger partial charge is 0.314 e. The fraction of sp³-hybridized carbons (Fsp3) is 0.800. The number of aliphatic carboxylic acids is 1. The first-order chi connectivity index (χ1) is 8.75. The first-order valence-corrected chi connectivity index (χ1v) is 7.84. The molecule has 1 fully saturated rings. The summed E-state index contributed by atoms with van der Waals surface area (Å²) in [5.74, 6) is -0.891. The number of carbonyl (C=O) groups is 2. The number of carbonyl (C=O) groups excluding carboxylic acids is 1. The van der Waals surface area contributed by atoms with Crippen LogP contribution >= 0.6 is 0 Å². The molecule has 0 bridgehead atoms. The molecule has 0 saturated heterocycles. The zero-order chi connectivity index (χ0) is 14.5. The molecule has 0 unspecified atom stereocenters. The highest BCUT2D eigenvalue weighted by atomic mass is 32.2. The van der Waals surface area contributed by atoms with Crippen molar-refractivity contribution in [2.24, 2.45) is 5.41 Å². The SMILES string of the molecule is CS(=O)(=O)NCCNC(=O)NCC1(C(=O)O)CCC1. The lowest BCUT2D eigenvalue weighted by atomic mass is 9.69. The Bertz CT molecular complexity index is 444. The monoisotopic (exact) mass is 293 g/mol. The first-order valence-electron chi connectivity index (χ1n) is 5.95. The minimum Gasteiger partial charge on any atom is -0.481 e. The second-order valence-corrected chi connectivity index (χ2v) is 6.55. The molecule has 1 aliphatic rings. The maximum absolute atomic E-state index is 11.4. The number of hydrogen-bond donors (Lipinski definition) is 4. The number of amides is 2. The Morgan fingerprint density at radius 1 is 1.21 bits per heavy atom. The number of rotatable bonds is 7. The lowest BCUT2D eigenvalue weighted by Gasteiger charge is -2.37. The van der Waals surface area contributed by atoms with E-state index in [1.165, 1.54) is 0 Å². The van der Waals surface area contributed by atoms with Gasteiger partial charge in [-0.1, -0.05) is 6.42 Å². The van der Waals surface area contributed by atoms with E-state index in [1.54, 1.807) is 0 Å². The van der Waals surface area contributed by atoms with Gasteiger partial charge in [-0.25, -0.2) is 17.9 Å². The topological polar surface area (TPSA) is 125 Å². The van der Waals surface area contributed by atoms with E-state index in [0.29, 0.717) is 12.8 Å². The summed E-state index contributed by atoms with van der Waals surface area (Å²) < 4.78 is 23.7. The van der Waals surface area contributed by atoms with Crippen LogP contribution in [0.5, 0.6) is 0 Å². The van der Waals surface area contributed by atoms with Crippen LogP contribution in [0.15, 0.2) is 0 Å². The molecule has 0 aliphatic heterocycles. The summed E-state index contributed by atoms with van der Waals surface area (Å²) in [6.07, 6.45) is 3.02. The highest BCUT2D eigenvalue weighted by Crippen LogP contribution is 2.40. The van der Waals surface area contributed by atoms with Crippen molar-refractivity contribution in [3.8, 4) is 0 Å². The number of nitrogens with one attached hydrogen (secondary N) is 3. The summed E-state index contributed by atoms with van der Waals surface area (Å²) in [6, 6.07) is -0.497. The average Bonchev–Trinajstić information content (AvgIpc) is 2.21. The molecule has 0 aromatic rings. The van der Waals surface area contributed by atoms with Gasteiger partial charge < -0.3 is 15.7 Å². The normalized spacial score (nSPS) is 17.3. The third-order valence-electron chi connectivity index (χ3n) is 3.13. The van der Waals surface area contributed by atoms with Crippen molar-refractivity contribution >= 4 is 22.0 Å². The molecule has 4 N–H and O–H groups in total. The maximum atomic E-state index is 11.4. The van der Waals surface area contributed by atoms with Crippen LogP contribution in [-0.2, 0) is 14.8 Å². The molecule has 1 rings (SSSR count). The molecule has 110 valence electrons. The Labute approximate surface area is 112 Å². The second-order valence-electron chi connectivity index (χ2n) is 4.71. The van der Waals surface area contributed by atoms with Crippen LogP contribution < -0.4 is 15.4 Å². The summed E-state index contributed by atoms with van der Waals surface area (Å²) in [7, 11) is -3.26. The van der Waals surface area contributed by atoms with Gasteiger partial charge in [0.2, 0.25) is 10.0 Å². The molecule has 1 saturated carbocycles. The standard InChI is InChI=1S/C10H19N3O5S/c1-19(17,18)13-6-5-11-9(16)12-7-10(8(14)15)3-2-4-10/h13H,2-7H2,1H3,(H,14,15)(H2,11,12,16). The third-order valence-corrected chi connectivity index (χ3v) is 3.85. The fourth-order valence-corrected chi connectivity index (χ4v) is 2.27. The summed E-state index contributed by atoms with van der Waals surface area (Å²) in [6.45, 7) is 0.322. The zero-order valence-electron chi connectivity index (χ0n) is 10.7. The van der Waals surface area contributed by atoms with E-state index in [1.807, 2.05) is 0 Å². The molecule has 0 spiro atoms. The number of urea groups is 1. The molecule has 0 atom stereocenters. The third kappa shape index (κ3) is 5.03. The van der Waals surface area contributed by atoms with Gasteiger partial charge in [0.05, 0.1) is 11.7 Å². The van der Waals surface area contributed by atoms with Crippen molar-refractivity contribution in [2.75, 3.05) is 25.9 Å². The summed E-state index contributed by atoms with van der Waals surface area (Å²) >= 11 is 0. The summed E-state index contributed by atoms with van der Waals surface area (Å²) in [5, 5.41) is 14.0. The van der Waals surface area contributed by atoms with Crippen molar-refractivity contribution in [1.29, 1.82) is 0 Å². The van der Waals surface area contributed by atoms with Gasteiger partial charge in [-0.15, -0.1) is 0 Å². The molecule has 19 heavy (non-hydrogen) atoms. The van der Waals surface area contributed by atoms with Gasteiger partial charge in [0.1, 0.15) is 0 Å². The lowest BCUT2D eigenvalue weighted by molar-refractivity contribution is -0.153. The van der Waals surface area contributed by atoms with Crippen LogP contribution in [0, 0.1) is 5.41 Å². The fourth-order valence-electron chi connectivity index (χ4n) is 1.79. The van der Waals surface area contributed by atoms with Gasteiger partial charge in [0.15, 0.2) is 0 Å². The molecule has 0 aromatic heterocycles. The molecule has 9 heteroatoms. The predicted molar refractivity (Wildman–Crippen MR) is 68.2 cm³/mol. The van der Waals surface area contributed by atoms with Crippen LogP contribution in [0.1, 0.15) is 19.3 Å². The quantitative estimate of drug-likeness (QED) is 0.452. The molecule has 2 amide bonds. The van der Waals surface area contributed by atoms with Gasteiger partial charge in [-0.2, -0.15) is 0 Å². The second kappa shape index (κ2) is 6.20. The van der Waals surface area contributed by atoms with Crippen LogP contribution in [0.4, 0.5) is 4.79 Å². The molecule has 0 heterocycles. The predicted octanol–water partition coefficient (Wildman–Crippen LogP) is -0.910. The van der Waals surface area contributed by atoms with Gasteiger partial charge in [0, 0.05) is 19.6 Å². The van der Waals surface area contributed by atoms with Crippen LogP contribution in [0.25, 0.3) is 0 Å². The average molecular weight is 293 g/mol. The maximum Gasteiger partial charge on any atom is 0.314 e. The van der Waals surface area contributed by atoms with Crippen molar-refractivity contribution < 1.29 is 23.1 Å². The Balaban J connectivity index is 2.20. The Hall–Kier alpha value is -1.35. The minimum atomic E-state index is -3.26. The van der Waals surface area contributed by atoms with Crippen molar-refractivity contribution in [2.45, 2.75) is 19.3 Å². The van der Waals surface area contributed by atoms with E-state index < -0.39 is 27.4 Å². The van der Waals surface area contributed by atoms with E-state index in [2.05, 4.69) is 15.4 Å². The van der Waals surface area contributed by atoms with Crippen molar-refractivity contribution in [1.82, 2.24) is 15.4 Å². The van der Waals surface area contributed by atoms with Crippen molar-refractivity contribution in [3.63, 3.8) is 0 Å². The van der Waals surface area contributed by atoms with Gasteiger partial charge >= 0.3 is 12.0 Å². The van der Waals surface area contributed by atoms with Crippen LogP contribution in [0.3, 0.4) is 0 Å². The van der Waals surface area contributed by atoms with E-state index in [4.69, 9.17) is 5.11 Å². The molecule has 0 aromatic carbocycles. The summed E-state index contributed by atoms with van der Waals surface area (Å²) in [5.41, 5.74) is -0.831. The van der Waals surface area contributed by atoms with Gasteiger partial charge in [-0.3, -0.25) is 4.79 Å². The number of carboxylic acids is 1. The number of carboxylic acid groups (broad SMARTS) is 1. The molecular weight excluding hydrogens is 274 g/mol. The minimum absolute atomic E-state index is 0.0909. The van der Waals surface area contributed by atoms with E-state index in [0.717, 1.165) is 12.7 Å². The van der Waals surface area contributed by atoms with E-state index >= 15 is 0 Å². The highest BCUT2D eigenvalue weighted by Gasteiger charge is 2.44. The molecular formula is C10H19N3O5S. The Kier molecular flexibility index (Phi) is 5.12. The number of sulfonamides is 1. The van der Waals surface area contributed by atoms with Crippen molar-refractivity contribution in [3.05, 3.63) is 0 Å². The Morgan fingerprint density at radius 2 is 1.84 bits per heavy atom. The largest absolute Gasteiger partial charge is 0.481 e. The molecule has 1 aliphatic carbocycles. The van der Waals surface area contributed by atoms with E-state index in [-0.39, 0.29) is 19.6 Å². The molecule has 8 nitrogen and oxygen atoms in total. The first kappa shape index (κ1) is 15.7. The van der Waals surface area contributed by atoms with Gasteiger partial charge in [-0.05, 0) is 12.8 Å². The number of hydrogen-bond acceptors (Lipinski definition) is 4. The van der Waals surface area contributed by atoms with Gasteiger partial charge in [0.25, 0.3) is 0 Å². The Morgan fingerprint density at radius 3 is 2.26 bits per heavy atom. The zero-order valence-corrected chi connectivity index (χ0v) is 11.5. The highest BCUT2D eigenvalue weighted by molar-refractivity contribution is 7.88. The van der Waals surface area contributed by atoms with Crippen LogP contribution in [0.2, 0.25) is 0 Å². The van der Waals surface area contributed by atoms with Crippen LogP contribution in [-0.4, -0.2) is 51.4 Å².